The molecule has 104 valence electrons. The zero-order valence-electron chi connectivity index (χ0n) is 11.4. The smallest absolute Gasteiger partial charge is 0.228 e. The van der Waals surface area contributed by atoms with E-state index in [1.165, 1.54) is 0 Å². The molecule has 1 fully saturated rings. The number of hydrogen-bond donors (Lipinski definition) is 1. The lowest BCUT2D eigenvalue weighted by Gasteiger charge is -2.51. The summed E-state index contributed by atoms with van der Waals surface area (Å²) < 4.78 is 32.1. The number of nitrogens with one attached hydrogen (secondary N) is 1. The van der Waals surface area contributed by atoms with E-state index in [1.807, 2.05) is 26.8 Å². The highest BCUT2D eigenvalue weighted by Gasteiger charge is 2.50. The van der Waals surface area contributed by atoms with E-state index >= 15 is 0 Å². The zero-order valence-corrected chi connectivity index (χ0v) is 12.3. The fraction of sp³-hybridized carbons (Fsp3) is 0.917. The Balaban J connectivity index is 2.69. The van der Waals surface area contributed by atoms with Crippen LogP contribution in [0.15, 0.2) is 0 Å². The monoisotopic (exact) mass is 274 g/mol. The van der Waals surface area contributed by atoms with Crippen molar-refractivity contribution in [2.45, 2.75) is 57.9 Å². The quantitative estimate of drug-likeness (QED) is 0.794. The lowest BCUT2D eigenvalue weighted by atomic mass is 9.65. The molecule has 1 saturated carbocycles. The van der Waals surface area contributed by atoms with Crippen molar-refractivity contribution in [3.8, 4) is 6.07 Å². The lowest BCUT2D eigenvalue weighted by molar-refractivity contribution is -0.108. The van der Waals surface area contributed by atoms with Gasteiger partial charge in [-0.05, 0) is 19.8 Å². The molecule has 0 aromatic rings. The van der Waals surface area contributed by atoms with Gasteiger partial charge in [-0.2, -0.15) is 5.26 Å². The predicted octanol–water partition coefficient (Wildman–Crippen LogP) is 1.41. The molecule has 0 heterocycles. The molecule has 0 aromatic heterocycles. The van der Waals surface area contributed by atoms with E-state index < -0.39 is 15.3 Å². The van der Waals surface area contributed by atoms with Gasteiger partial charge in [0.05, 0.1) is 12.2 Å². The van der Waals surface area contributed by atoms with Crippen LogP contribution in [-0.4, -0.2) is 32.4 Å². The number of nitrogens with zero attached hydrogens (tertiary/aromatic N) is 1. The Morgan fingerprint density at radius 2 is 2.11 bits per heavy atom. The molecule has 0 bridgehead atoms. The van der Waals surface area contributed by atoms with Gasteiger partial charge in [0, 0.05) is 18.1 Å². The number of rotatable bonds is 6. The van der Waals surface area contributed by atoms with Crippen LogP contribution >= 0.6 is 0 Å². The van der Waals surface area contributed by atoms with Crippen molar-refractivity contribution in [3.63, 3.8) is 0 Å². The fourth-order valence-corrected chi connectivity index (χ4v) is 3.77. The Kier molecular flexibility index (Phi) is 4.76. The summed E-state index contributed by atoms with van der Waals surface area (Å²) >= 11 is 0. The van der Waals surface area contributed by atoms with Gasteiger partial charge in [0.25, 0.3) is 0 Å². The average molecular weight is 274 g/mol. The van der Waals surface area contributed by atoms with Crippen LogP contribution in [0.5, 0.6) is 0 Å². The van der Waals surface area contributed by atoms with Crippen LogP contribution in [0.4, 0.5) is 0 Å². The zero-order chi connectivity index (χ0) is 14.0. The maximum Gasteiger partial charge on any atom is 0.228 e. The molecule has 18 heavy (non-hydrogen) atoms. The minimum absolute atomic E-state index is 0.0809. The largest absolute Gasteiger partial charge is 0.378 e. The van der Waals surface area contributed by atoms with Crippen molar-refractivity contribution in [1.29, 1.82) is 5.26 Å². The lowest BCUT2D eigenvalue weighted by Crippen LogP contribution is -2.62. The van der Waals surface area contributed by atoms with E-state index in [1.54, 1.807) is 6.92 Å². The molecule has 1 aliphatic carbocycles. The van der Waals surface area contributed by atoms with Crippen molar-refractivity contribution in [3.05, 3.63) is 0 Å². The van der Waals surface area contributed by atoms with Crippen molar-refractivity contribution in [2.75, 3.05) is 6.61 Å². The summed E-state index contributed by atoms with van der Waals surface area (Å²) in [5.41, 5.74) is -0.225. The molecule has 6 heteroatoms. The Labute approximate surface area is 110 Å². The Hall–Kier alpha value is -0.640. The van der Waals surface area contributed by atoms with E-state index in [-0.39, 0.29) is 17.6 Å². The van der Waals surface area contributed by atoms with Gasteiger partial charge >= 0.3 is 0 Å². The third-order valence-corrected chi connectivity index (χ3v) is 5.54. The van der Waals surface area contributed by atoms with Gasteiger partial charge in [0.2, 0.25) is 10.0 Å². The van der Waals surface area contributed by atoms with Crippen LogP contribution in [0.25, 0.3) is 0 Å². The van der Waals surface area contributed by atoms with Gasteiger partial charge in [0.15, 0.2) is 5.25 Å². The van der Waals surface area contributed by atoms with Crippen LogP contribution in [0.2, 0.25) is 0 Å². The second-order valence-electron chi connectivity index (χ2n) is 5.24. The van der Waals surface area contributed by atoms with Crippen LogP contribution in [0, 0.1) is 16.7 Å². The molecule has 0 saturated heterocycles. The molecular formula is C12H22N2O3S. The molecule has 1 N–H and O–H groups in total. The van der Waals surface area contributed by atoms with Crippen molar-refractivity contribution in [1.82, 2.24) is 4.72 Å². The van der Waals surface area contributed by atoms with Crippen LogP contribution in [0.3, 0.4) is 0 Å². The highest BCUT2D eigenvalue weighted by Crippen LogP contribution is 2.43. The van der Waals surface area contributed by atoms with E-state index in [2.05, 4.69) is 4.72 Å². The van der Waals surface area contributed by atoms with E-state index in [9.17, 15) is 8.42 Å². The minimum Gasteiger partial charge on any atom is -0.378 e. The number of nitriles is 1. The maximum atomic E-state index is 12.0. The summed E-state index contributed by atoms with van der Waals surface area (Å²) in [7, 11) is -3.56. The first kappa shape index (κ1) is 15.4. The first-order valence-corrected chi connectivity index (χ1v) is 7.86. The van der Waals surface area contributed by atoms with Crippen molar-refractivity contribution >= 4 is 10.0 Å². The molecule has 5 nitrogen and oxygen atoms in total. The van der Waals surface area contributed by atoms with Crippen LogP contribution in [0.1, 0.15) is 40.5 Å². The normalized spacial score (nSPS) is 28.2. The molecule has 1 rings (SSSR count). The second kappa shape index (κ2) is 5.55. The molecule has 0 spiro atoms. The summed E-state index contributed by atoms with van der Waals surface area (Å²) in [6.07, 6.45) is 1.05. The van der Waals surface area contributed by atoms with Gasteiger partial charge < -0.3 is 4.74 Å². The van der Waals surface area contributed by atoms with Crippen molar-refractivity contribution < 1.29 is 13.2 Å². The predicted molar refractivity (Wildman–Crippen MR) is 69.3 cm³/mol. The Morgan fingerprint density at radius 3 is 2.50 bits per heavy atom. The standard InChI is InChI=1S/C12H22N2O3S/c1-5-9(8-13)18(15,16)14-10-7-11(17-6-2)12(10,3)4/h9-11,14H,5-7H2,1-4H3. The van der Waals surface area contributed by atoms with Crippen molar-refractivity contribution in [2.24, 2.45) is 5.41 Å². The van der Waals surface area contributed by atoms with Gasteiger partial charge in [-0.15, -0.1) is 0 Å². The van der Waals surface area contributed by atoms with E-state index in [0.717, 1.165) is 0 Å². The molecule has 0 aliphatic heterocycles. The van der Waals surface area contributed by atoms with Gasteiger partial charge in [0.1, 0.15) is 0 Å². The number of hydrogen-bond acceptors (Lipinski definition) is 4. The topological polar surface area (TPSA) is 79.2 Å². The average Bonchev–Trinajstić information content (AvgIpc) is 2.29. The SMILES string of the molecule is CCOC1CC(NS(=O)(=O)C(C#N)CC)C1(C)C. The summed E-state index contributed by atoms with van der Waals surface area (Å²) in [4.78, 5) is 0. The van der Waals surface area contributed by atoms with Crippen LogP contribution in [-0.2, 0) is 14.8 Å². The second-order valence-corrected chi connectivity index (χ2v) is 7.14. The summed E-state index contributed by atoms with van der Waals surface area (Å²) in [5, 5.41) is 7.86. The maximum absolute atomic E-state index is 12.0. The highest BCUT2D eigenvalue weighted by atomic mass is 32.2. The molecule has 0 aromatic carbocycles. The Bertz CT molecular complexity index is 425. The third kappa shape index (κ3) is 2.85. The van der Waals surface area contributed by atoms with Gasteiger partial charge in [-0.25, -0.2) is 13.1 Å². The van der Waals surface area contributed by atoms with E-state index in [0.29, 0.717) is 19.4 Å². The molecular weight excluding hydrogens is 252 g/mol. The first-order valence-electron chi connectivity index (χ1n) is 6.31. The van der Waals surface area contributed by atoms with Crippen LogP contribution < -0.4 is 4.72 Å². The molecule has 1 aliphatic rings. The highest BCUT2D eigenvalue weighted by molar-refractivity contribution is 7.90. The third-order valence-electron chi connectivity index (χ3n) is 3.74. The summed E-state index contributed by atoms with van der Waals surface area (Å²) in [6.45, 7) is 8.22. The first-order chi connectivity index (χ1) is 8.29. The van der Waals surface area contributed by atoms with Gasteiger partial charge in [-0.3, -0.25) is 0 Å². The molecule has 0 amide bonds. The summed E-state index contributed by atoms with van der Waals surface area (Å²) in [5.74, 6) is 0. The fourth-order valence-electron chi connectivity index (χ4n) is 2.23. The molecule has 3 atom stereocenters. The molecule has 3 unspecified atom stereocenters. The van der Waals surface area contributed by atoms with E-state index in [4.69, 9.17) is 10.00 Å². The molecule has 0 radical (unpaired) electrons. The minimum atomic E-state index is -3.56. The number of ether oxygens (including phenoxy) is 1. The number of sulfonamides is 1. The Morgan fingerprint density at radius 1 is 1.50 bits per heavy atom. The summed E-state index contributed by atoms with van der Waals surface area (Å²) in [6, 6.07) is 1.68. The van der Waals surface area contributed by atoms with Gasteiger partial charge in [-0.1, -0.05) is 20.8 Å².